The zero-order valence-corrected chi connectivity index (χ0v) is 15.9. The van der Waals surface area contributed by atoms with E-state index >= 15 is 0 Å². The fourth-order valence-corrected chi connectivity index (χ4v) is 3.93. The summed E-state index contributed by atoms with van der Waals surface area (Å²) in [5.74, 6) is -0.208. The average Bonchev–Trinajstić information content (AvgIpc) is 2.69. The van der Waals surface area contributed by atoms with Crippen molar-refractivity contribution in [2.24, 2.45) is 21.6 Å². The second kappa shape index (κ2) is 7.01. The maximum Gasteiger partial charge on any atom is 0.235 e. The van der Waals surface area contributed by atoms with E-state index in [0.717, 1.165) is 18.4 Å². The van der Waals surface area contributed by atoms with Gasteiger partial charge in [0.15, 0.2) is 5.96 Å². The summed E-state index contributed by atoms with van der Waals surface area (Å²) in [4.78, 5) is 23.0. The summed E-state index contributed by atoms with van der Waals surface area (Å²) in [6, 6.07) is 4.45. The Morgan fingerprint density at radius 2 is 2.25 bits per heavy atom. The molecule has 0 bridgehead atoms. The van der Waals surface area contributed by atoms with Crippen LogP contribution in [0.1, 0.15) is 31.7 Å². The molecule has 2 atom stereocenters. The number of ether oxygens (including phenoxy) is 2. The number of aliphatic imine (C=N–C) groups is 2. The van der Waals surface area contributed by atoms with Crippen LogP contribution in [0.4, 0.5) is 4.39 Å². The van der Waals surface area contributed by atoms with Gasteiger partial charge in [0.25, 0.3) is 0 Å². The lowest BCUT2D eigenvalue weighted by Crippen LogP contribution is -2.58. The minimum Gasteiger partial charge on any atom is -0.439 e. The van der Waals surface area contributed by atoms with Gasteiger partial charge in [0.1, 0.15) is 17.1 Å². The van der Waals surface area contributed by atoms with Gasteiger partial charge >= 0.3 is 0 Å². The highest BCUT2D eigenvalue weighted by molar-refractivity contribution is 6.00. The van der Waals surface area contributed by atoms with E-state index in [9.17, 15) is 9.18 Å². The molecule has 0 unspecified atom stereocenters. The molecule has 148 valence electrons. The highest BCUT2D eigenvalue weighted by Crippen LogP contribution is 2.44. The molecule has 0 radical (unpaired) electrons. The molecule has 0 aromatic heterocycles. The van der Waals surface area contributed by atoms with Crippen LogP contribution in [0.15, 0.2) is 39.6 Å². The van der Waals surface area contributed by atoms with Gasteiger partial charge in [-0.2, -0.15) is 0 Å². The predicted molar refractivity (Wildman–Crippen MR) is 102 cm³/mol. The zero-order valence-electron chi connectivity index (χ0n) is 15.9. The highest BCUT2D eigenvalue weighted by Gasteiger charge is 2.52. The van der Waals surface area contributed by atoms with Crippen LogP contribution in [-0.4, -0.2) is 43.2 Å². The molecular formula is C20H23FN4O3. The lowest BCUT2D eigenvalue weighted by atomic mass is 9.74. The fourth-order valence-electron chi connectivity index (χ4n) is 3.93. The van der Waals surface area contributed by atoms with Crippen LogP contribution in [0.3, 0.4) is 0 Å². The highest BCUT2D eigenvalue weighted by atomic mass is 19.1. The molecule has 0 saturated carbocycles. The molecule has 1 amide bonds. The summed E-state index contributed by atoms with van der Waals surface area (Å²) >= 11 is 0. The van der Waals surface area contributed by atoms with E-state index in [2.05, 4.69) is 9.98 Å². The number of carbonyl (C=O) groups excluding carboxylic acids is 1. The Bertz CT molecular complexity index is 911. The maximum atomic E-state index is 14.9. The summed E-state index contributed by atoms with van der Waals surface area (Å²) in [5, 5.41) is 0. The van der Waals surface area contributed by atoms with Gasteiger partial charge in [-0.25, -0.2) is 14.4 Å². The Hall–Kier alpha value is -2.74. The molecule has 7 nitrogen and oxygen atoms in total. The SMILES string of the molecule is CC1=C(Oc2ccc(F)c([C@]34COCC[C@H]3C(=O)N(C)C(N)=N4)c2)N=CCC1. The summed E-state index contributed by atoms with van der Waals surface area (Å²) < 4.78 is 26.5. The molecule has 2 N–H and O–H groups in total. The molecule has 1 fully saturated rings. The van der Waals surface area contributed by atoms with Gasteiger partial charge in [-0.05, 0) is 50.0 Å². The van der Waals surface area contributed by atoms with Crippen molar-refractivity contribution in [1.29, 1.82) is 0 Å². The fraction of sp³-hybridized carbons (Fsp3) is 0.450. The van der Waals surface area contributed by atoms with E-state index in [1.807, 2.05) is 6.92 Å². The van der Waals surface area contributed by atoms with Crippen molar-refractivity contribution >= 4 is 18.1 Å². The van der Waals surface area contributed by atoms with Crippen molar-refractivity contribution in [3.8, 4) is 5.75 Å². The Labute approximate surface area is 162 Å². The van der Waals surface area contributed by atoms with E-state index in [-0.39, 0.29) is 24.0 Å². The number of amides is 1. The molecule has 4 rings (SSSR count). The van der Waals surface area contributed by atoms with Gasteiger partial charge in [0.2, 0.25) is 11.8 Å². The Kier molecular flexibility index (Phi) is 4.66. The quantitative estimate of drug-likeness (QED) is 0.863. The Balaban J connectivity index is 1.79. The number of fused-ring (bicyclic) bond motifs is 1. The molecule has 3 aliphatic heterocycles. The topological polar surface area (TPSA) is 89.5 Å². The molecule has 8 heteroatoms. The number of nitrogens with zero attached hydrogens (tertiary/aromatic N) is 3. The van der Waals surface area contributed by atoms with E-state index in [1.165, 1.54) is 11.0 Å². The van der Waals surface area contributed by atoms with Crippen LogP contribution < -0.4 is 10.5 Å². The first-order chi connectivity index (χ1) is 13.4. The van der Waals surface area contributed by atoms with Crippen molar-refractivity contribution in [3.05, 3.63) is 41.0 Å². The third-order valence-corrected chi connectivity index (χ3v) is 5.58. The van der Waals surface area contributed by atoms with Crippen molar-refractivity contribution in [2.75, 3.05) is 20.3 Å². The first-order valence-electron chi connectivity index (χ1n) is 9.33. The summed E-state index contributed by atoms with van der Waals surface area (Å²) in [6.45, 7) is 2.46. The first kappa shape index (κ1) is 18.6. The molecule has 1 saturated heterocycles. The third kappa shape index (κ3) is 2.97. The van der Waals surface area contributed by atoms with Crippen molar-refractivity contribution in [1.82, 2.24) is 4.90 Å². The number of hydrogen-bond acceptors (Lipinski definition) is 6. The first-order valence-corrected chi connectivity index (χ1v) is 9.33. The van der Waals surface area contributed by atoms with Gasteiger partial charge in [-0.15, -0.1) is 0 Å². The van der Waals surface area contributed by atoms with Crippen LogP contribution in [0.5, 0.6) is 5.75 Å². The van der Waals surface area contributed by atoms with Crippen molar-refractivity contribution in [3.63, 3.8) is 0 Å². The lowest BCUT2D eigenvalue weighted by Gasteiger charge is -2.45. The second-order valence-corrected chi connectivity index (χ2v) is 7.36. The summed E-state index contributed by atoms with van der Waals surface area (Å²) in [6.07, 6.45) is 3.99. The average molecular weight is 386 g/mol. The summed E-state index contributed by atoms with van der Waals surface area (Å²) in [7, 11) is 1.58. The molecule has 3 aliphatic rings. The van der Waals surface area contributed by atoms with E-state index < -0.39 is 17.3 Å². The Morgan fingerprint density at radius 3 is 3.04 bits per heavy atom. The molecule has 1 aromatic rings. The van der Waals surface area contributed by atoms with Gasteiger partial charge in [-0.1, -0.05) is 0 Å². The van der Waals surface area contributed by atoms with Crippen LogP contribution in [0, 0.1) is 11.7 Å². The number of carbonyl (C=O) groups is 1. The molecule has 1 aromatic carbocycles. The van der Waals surface area contributed by atoms with Crippen LogP contribution in [0.2, 0.25) is 0 Å². The smallest absolute Gasteiger partial charge is 0.235 e. The molecule has 28 heavy (non-hydrogen) atoms. The van der Waals surface area contributed by atoms with Crippen molar-refractivity contribution in [2.45, 2.75) is 31.7 Å². The van der Waals surface area contributed by atoms with E-state index in [4.69, 9.17) is 15.2 Å². The predicted octanol–water partition coefficient (Wildman–Crippen LogP) is 2.32. The molecule has 0 aliphatic carbocycles. The lowest BCUT2D eigenvalue weighted by molar-refractivity contribution is -0.140. The zero-order chi connectivity index (χ0) is 19.9. The number of hydrogen-bond donors (Lipinski definition) is 1. The van der Waals surface area contributed by atoms with Gasteiger partial charge in [-0.3, -0.25) is 9.69 Å². The Morgan fingerprint density at radius 1 is 1.43 bits per heavy atom. The largest absolute Gasteiger partial charge is 0.439 e. The third-order valence-electron chi connectivity index (χ3n) is 5.58. The monoisotopic (exact) mass is 386 g/mol. The minimum atomic E-state index is -1.20. The van der Waals surface area contributed by atoms with Crippen LogP contribution >= 0.6 is 0 Å². The molecular weight excluding hydrogens is 363 g/mol. The normalized spacial score (nSPS) is 27.5. The number of allylic oxidation sites excluding steroid dienone is 1. The number of benzene rings is 1. The molecule has 0 spiro atoms. The van der Waals surface area contributed by atoms with E-state index in [1.54, 1.807) is 25.4 Å². The van der Waals surface area contributed by atoms with Crippen LogP contribution in [0.25, 0.3) is 0 Å². The number of rotatable bonds is 3. The van der Waals surface area contributed by atoms with Gasteiger partial charge in [0.05, 0.1) is 12.5 Å². The number of guanidine groups is 1. The number of nitrogens with two attached hydrogens (primary N) is 1. The van der Waals surface area contributed by atoms with Gasteiger partial charge < -0.3 is 15.2 Å². The van der Waals surface area contributed by atoms with Gasteiger partial charge in [0, 0.05) is 25.4 Å². The minimum absolute atomic E-state index is 0.0490. The van der Waals surface area contributed by atoms with Crippen molar-refractivity contribution < 1.29 is 18.7 Å². The van der Waals surface area contributed by atoms with Crippen LogP contribution in [-0.2, 0) is 15.1 Å². The number of halogens is 1. The standard InChI is InChI=1S/C20H23FN4O3/c1-12-4-3-8-23-17(12)28-13-5-6-16(21)15(10-13)20-11-27-9-7-14(20)18(26)25(2)19(22)24-20/h5-6,8,10,14H,3-4,7,9,11H2,1-2H3,(H2,22,24)/t14-,20-/m0/s1. The summed E-state index contributed by atoms with van der Waals surface area (Å²) in [5.41, 5.74) is 6.05. The second-order valence-electron chi connectivity index (χ2n) is 7.36. The van der Waals surface area contributed by atoms with E-state index in [0.29, 0.717) is 24.7 Å². The maximum absolute atomic E-state index is 14.9. The molecule has 3 heterocycles.